The zero-order valence-corrected chi connectivity index (χ0v) is 15.4. The summed E-state index contributed by atoms with van der Waals surface area (Å²) in [4.78, 5) is 29.5. The van der Waals surface area contributed by atoms with Gasteiger partial charge in [-0.25, -0.2) is 4.39 Å². The first kappa shape index (κ1) is 19.2. The largest absolute Gasteiger partial charge is 0.340 e. The summed E-state index contributed by atoms with van der Waals surface area (Å²) in [5.74, 6) is -1.23. The van der Waals surface area contributed by atoms with Gasteiger partial charge in [0.2, 0.25) is 5.91 Å². The van der Waals surface area contributed by atoms with Gasteiger partial charge in [-0.3, -0.25) is 14.6 Å². The Bertz CT molecular complexity index is 942. The lowest BCUT2D eigenvalue weighted by atomic mass is 10.0. The van der Waals surface area contributed by atoms with Gasteiger partial charge in [0.1, 0.15) is 11.9 Å². The lowest BCUT2D eigenvalue weighted by Crippen LogP contribution is -2.45. The summed E-state index contributed by atoms with van der Waals surface area (Å²) in [6.07, 6.45) is 1.88. The number of benzene rings is 2. The monoisotopic (exact) mass is 377 g/mol. The molecule has 0 saturated carbocycles. The third-order valence-corrected chi connectivity index (χ3v) is 4.19. The first-order valence-electron chi connectivity index (χ1n) is 8.85. The van der Waals surface area contributed by atoms with Crippen LogP contribution in [0.2, 0.25) is 0 Å². The molecule has 6 heteroatoms. The quantitative estimate of drug-likeness (QED) is 0.691. The van der Waals surface area contributed by atoms with E-state index in [4.69, 9.17) is 0 Å². The zero-order chi connectivity index (χ0) is 19.9. The van der Waals surface area contributed by atoms with Crippen molar-refractivity contribution in [2.75, 3.05) is 5.32 Å². The zero-order valence-electron chi connectivity index (χ0n) is 15.4. The average Bonchev–Trinajstić information content (AvgIpc) is 2.70. The van der Waals surface area contributed by atoms with E-state index in [1.54, 1.807) is 18.3 Å². The molecule has 0 unspecified atom stereocenters. The van der Waals surface area contributed by atoms with Gasteiger partial charge in [-0.05, 0) is 48.9 Å². The molecule has 0 aliphatic rings. The molecule has 5 nitrogen and oxygen atoms in total. The van der Waals surface area contributed by atoms with Crippen LogP contribution in [0.25, 0.3) is 0 Å². The molecule has 0 fully saturated rings. The van der Waals surface area contributed by atoms with E-state index in [1.807, 2.05) is 37.3 Å². The van der Waals surface area contributed by atoms with Crippen molar-refractivity contribution >= 4 is 17.5 Å². The summed E-state index contributed by atoms with van der Waals surface area (Å²) in [6, 6.07) is 17.3. The number of carbonyl (C=O) groups excluding carboxylic acids is 2. The number of hydrogen-bond acceptors (Lipinski definition) is 3. The first-order valence-corrected chi connectivity index (χ1v) is 8.85. The lowest BCUT2D eigenvalue weighted by Gasteiger charge is -2.19. The Balaban J connectivity index is 1.77. The second kappa shape index (κ2) is 8.90. The number of aromatic nitrogens is 1. The lowest BCUT2D eigenvalue weighted by molar-refractivity contribution is -0.118. The second-order valence-corrected chi connectivity index (χ2v) is 6.40. The molecule has 0 spiro atoms. The molecule has 0 radical (unpaired) electrons. The highest BCUT2D eigenvalue weighted by Crippen LogP contribution is 2.10. The van der Waals surface area contributed by atoms with E-state index in [9.17, 15) is 14.0 Å². The van der Waals surface area contributed by atoms with Crippen LogP contribution in [0.3, 0.4) is 0 Å². The number of carbonyl (C=O) groups is 2. The van der Waals surface area contributed by atoms with E-state index in [2.05, 4.69) is 15.6 Å². The highest BCUT2D eigenvalue weighted by Gasteiger charge is 2.22. The maximum Gasteiger partial charge on any atom is 0.251 e. The van der Waals surface area contributed by atoms with Gasteiger partial charge < -0.3 is 10.6 Å². The van der Waals surface area contributed by atoms with Crippen molar-refractivity contribution in [3.8, 4) is 0 Å². The Kier molecular flexibility index (Phi) is 6.11. The van der Waals surface area contributed by atoms with Gasteiger partial charge in [0, 0.05) is 17.7 Å². The number of anilines is 1. The number of halogens is 1. The van der Waals surface area contributed by atoms with Crippen LogP contribution < -0.4 is 10.6 Å². The molecule has 0 saturated heterocycles. The predicted octanol–water partition coefficient (Wildman–Crippen LogP) is 3.51. The highest BCUT2D eigenvalue weighted by atomic mass is 19.1. The third-order valence-electron chi connectivity index (χ3n) is 4.19. The van der Waals surface area contributed by atoms with Gasteiger partial charge in [-0.2, -0.15) is 0 Å². The van der Waals surface area contributed by atoms with Crippen LogP contribution in [0.5, 0.6) is 0 Å². The van der Waals surface area contributed by atoms with Gasteiger partial charge in [-0.15, -0.1) is 0 Å². The molecular formula is C22H20FN3O2. The average molecular weight is 377 g/mol. The number of amides is 2. The molecular weight excluding hydrogens is 357 g/mol. The molecule has 0 aliphatic carbocycles. The third kappa shape index (κ3) is 5.23. The molecule has 2 N–H and O–H groups in total. The molecule has 1 atom stereocenters. The summed E-state index contributed by atoms with van der Waals surface area (Å²) in [5.41, 5.74) is 2.57. The number of pyridine rings is 1. The van der Waals surface area contributed by atoms with Crippen molar-refractivity contribution in [2.24, 2.45) is 0 Å². The molecule has 1 heterocycles. The fourth-order valence-electron chi connectivity index (χ4n) is 2.67. The summed E-state index contributed by atoms with van der Waals surface area (Å²) in [6.45, 7) is 1.85. The molecule has 1 aromatic heterocycles. The van der Waals surface area contributed by atoms with Crippen molar-refractivity contribution < 1.29 is 14.0 Å². The molecule has 0 aliphatic heterocycles. The first-order chi connectivity index (χ1) is 13.5. The molecule has 3 aromatic rings. The van der Waals surface area contributed by atoms with E-state index in [0.29, 0.717) is 12.1 Å². The summed E-state index contributed by atoms with van der Waals surface area (Å²) in [7, 11) is 0. The SMILES string of the molecule is Cc1ccc(NC(=O)[C@H](Cc2ccccc2)NC(=O)c2ccc(F)cc2)cn1. The molecule has 3 rings (SSSR count). The fourth-order valence-corrected chi connectivity index (χ4v) is 2.67. The van der Waals surface area contributed by atoms with Crippen LogP contribution in [0.4, 0.5) is 10.1 Å². The number of aryl methyl sites for hydroxylation is 1. The van der Waals surface area contributed by atoms with Gasteiger partial charge in [-0.1, -0.05) is 30.3 Å². The minimum atomic E-state index is -0.804. The predicted molar refractivity (Wildman–Crippen MR) is 105 cm³/mol. The maximum atomic E-state index is 13.1. The van der Waals surface area contributed by atoms with Crippen molar-refractivity contribution in [3.05, 3.63) is 95.6 Å². The maximum absolute atomic E-state index is 13.1. The highest BCUT2D eigenvalue weighted by molar-refractivity contribution is 6.01. The Hall–Kier alpha value is -3.54. The van der Waals surface area contributed by atoms with Gasteiger partial charge in [0.05, 0.1) is 11.9 Å². The van der Waals surface area contributed by atoms with Crippen molar-refractivity contribution in [3.63, 3.8) is 0 Å². The normalized spacial score (nSPS) is 11.5. The number of nitrogens with zero attached hydrogens (tertiary/aromatic N) is 1. The van der Waals surface area contributed by atoms with Crippen molar-refractivity contribution in [2.45, 2.75) is 19.4 Å². The number of rotatable bonds is 6. The van der Waals surface area contributed by atoms with Crippen molar-refractivity contribution in [1.82, 2.24) is 10.3 Å². The molecule has 142 valence electrons. The van der Waals surface area contributed by atoms with Crippen LogP contribution in [0, 0.1) is 12.7 Å². The summed E-state index contributed by atoms with van der Waals surface area (Å²) >= 11 is 0. The van der Waals surface area contributed by atoms with Gasteiger partial charge >= 0.3 is 0 Å². The van der Waals surface area contributed by atoms with Crippen LogP contribution in [-0.4, -0.2) is 22.8 Å². The fraction of sp³-hybridized carbons (Fsp3) is 0.136. The Morgan fingerprint density at radius 1 is 1.00 bits per heavy atom. The standard InChI is InChI=1S/C22H20FN3O2/c1-15-7-12-19(14-24-15)25-22(28)20(13-16-5-3-2-4-6-16)26-21(27)17-8-10-18(23)11-9-17/h2-12,14,20H,13H2,1H3,(H,25,28)(H,26,27)/t20-/m0/s1. The van der Waals surface area contributed by atoms with Gasteiger partial charge in [0.15, 0.2) is 0 Å². The van der Waals surface area contributed by atoms with E-state index in [1.165, 1.54) is 24.3 Å². The van der Waals surface area contributed by atoms with Crippen LogP contribution >= 0.6 is 0 Å². The Labute approximate surface area is 162 Å². The minimum absolute atomic E-state index is 0.282. The van der Waals surface area contributed by atoms with Crippen molar-refractivity contribution in [1.29, 1.82) is 0 Å². The number of hydrogen-bond donors (Lipinski definition) is 2. The molecule has 28 heavy (non-hydrogen) atoms. The number of nitrogens with one attached hydrogen (secondary N) is 2. The Morgan fingerprint density at radius 3 is 2.36 bits per heavy atom. The van der Waals surface area contributed by atoms with E-state index < -0.39 is 17.8 Å². The van der Waals surface area contributed by atoms with E-state index in [-0.39, 0.29) is 11.5 Å². The van der Waals surface area contributed by atoms with Crippen LogP contribution in [0.1, 0.15) is 21.6 Å². The molecule has 2 amide bonds. The molecule has 0 bridgehead atoms. The van der Waals surface area contributed by atoms with Gasteiger partial charge in [0.25, 0.3) is 5.91 Å². The smallest absolute Gasteiger partial charge is 0.251 e. The second-order valence-electron chi connectivity index (χ2n) is 6.40. The van der Waals surface area contributed by atoms with E-state index in [0.717, 1.165) is 11.3 Å². The van der Waals surface area contributed by atoms with E-state index >= 15 is 0 Å². The van der Waals surface area contributed by atoms with Crippen LogP contribution in [-0.2, 0) is 11.2 Å². The van der Waals surface area contributed by atoms with Crippen LogP contribution in [0.15, 0.2) is 72.9 Å². The molecule has 2 aromatic carbocycles. The summed E-state index contributed by atoms with van der Waals surface area (Å²) in [5, 5.41) is 5.52. The topological polar surface area (TPSA) is 71.1 Å². The summed E-state index contributed by atoms with van der Waals surface area (Å²) < 4.78 is 13.1. The minimum Gasteiger partial charge on any atom is -0.340 e. The Morgan fingerprint density at radius 2 is 1.71 bits per heavy atom.